The van der Waals surface area contributed by atoms with Crippen LogP contribution in [0.4, 0.5) is 17.3 Å². The number of nitrogens with two attached hydrogens (primary N) is 1. The molecule has 320 valence electrons. The second-order valence-corrected chi connectivity index (χ2v) is 17.8. The molecule has 0 aliphatic carbocycles. The van der Waals surface area contributed by atoms with Crippen LogP contribution in [0, 0.1) is 12.3 Å². The highest BCUT2D eigenvalue weighted by Crippen LogP contribution is 2.33. The Morgan fingerprint density at radius 2 is 1.67 bits per heavy atom. The van der Waals surface area contributed by atoms with Gasteiger partial charge in [-0.1, -0.05) is 57.2 Å². The SMILES string of the molecule is Cc1ncsc1-c1ccc([C@H](C)NC(=O)[C@@H]2C[C@@H](O)CN2C(=O)[C@@H](NC(=O)CCc2ccnc(N3CCN(c4cc(-c5ccccc5O)nnc4N)CC3)c2)C(C)(C)C)cc1. The Hall–Kier alpha value is -6.13. The van der Waals surface area contributed by atoms with Gasteiger partial charge in [0.05, 0.1) is 39.6 Å². The molecule has 3 aromatic heterocycles. The van der Waals surface area contributed by atoms with Crippen molar-refractivity contribution >= 4 is 46.4 Å². The van der Waals surface area contributed by atoms with Gasteiger partial charge in [-0.25, -0.2) is 9.97 Å². The molecular weight excluding hydrogens is 793 g/mol. The number of carbonyl (C=O) groups excluding carboxylic acids is 3. The summed E-state index contributed by atoms with van der Waals surface area (Å²) >= 11 is 1.58. The maximum atomic E-state index is 14.2. The quantitative estimate of drug-likeness (QED) is 0.114. The first-order valence-electron chi connectivity index (χ1n) is 20.6. The number of aromatic hydroxyl groups is 1. The number of para-hydroxylation sites is 1. The molecule has 3 amide bonds. The summed E-state index contributed by atoms with van der Waals surface area (Å²) in [5.74, 6) is 0.177. The molecule has 2 saturated heterocycles. The normalized spacial score (nSPS) is 17.8. The monoisotopic (exact) mass is 846 g/mol. The molecule has 0 spiro atoms. The molecule has 0 unspecified atom stereocenters. The Morgan fingerprint density at radius 1 is 0.951 bits per heavy atom. The largest absolute Gasteiger partial charge is 0.507 e. The van der Waals surface area contributed by atoms with Crippen LogP contribution < -0.4 is 26.2 Å². The van der Waals surface area contributed by atoms with Crippen molar-refractivity contribution < 1.29 is 24.6 Å². The minimum atomic E-state index is -0.927. The number of carbonyl (C=O) groups is 3. The summed E-state index contributed by atoms with van der Waals surface area (Å²) in [6.45, 7) is 12.1. The maximum Gasteiger partial charge on any atom is 0.246 e. The topological polar surface area (TPSA) is 203 Å². The van der Waals surface area contributed by atoms with E-state index in [0.29, 0.717) is 49.7 Å². The van der Waals surface area contributed by atoms with Gasteiger partial charge < -0.3 is 41.3 Å². The van der Waals surface area contributed by atoms with Crippen LogP contribution in [-0.2, 0) is 20.8 Å². The van der Waals surface area contributed by atoms with Crippen molar-refractivity contribution in [2.75, 3.05) is 48.3 Å². The van der Waals surface area contributed by atoms with Gasteiger partial charge in [0.15, 0.2) is 5.82 Å². The Balaban J connectivity index is 0.937. The predicted molar refractivity (Wildman–Crippen MR) is 237 cm³/mol. The molecule has 4 atom stereocenters. The van der Waals surface area contributed by atoms with E-state index in [1.165, 1.54) is 4.90 Å². The molecule has 2 aliphatic heterocycles. The summed E-state index contributed by atoms with van der Waals surface area (Å²) in [5, 5.41) is 35.4. The van der Waals surface area contributed by atoms with Crippen LogP contribution in [0.1, 0.15) is 63.4 Å². The fraction of sp³-hybridized carbons (Fsp3) is 0.400. The van der Waals surface area contributed by atoms with Crippen molar-refractivity contribution in [3.63, 3.8) is 0 Å². The lowest BCUT2D eigenvalue weighted by molar-refractivity contribution is -0.144. The molecule has 61 heavy (non-hydrogen) atoms. The van der Waals surface area contributed by atoms with Gasteiger partial charge in [-0.3, -0.25) is 14.4 Å². The van der Waals surface area contributed by atoms with Crippen molar-refractivity contribution in [3.05, 3.63) is 95.3 Å². The average molecular weight is 847 g/mol. The third-order valence-corrected chi connectivity index (χ3v) is 12.4. The van der Waals surface area contributed by atoms with Gasteiger partial charge in [0.25, 0.3) is 0 Å². The molecule has 2 aliphatic rings. The van der Waals surface area contributed by atoms with Crippen molar-refractivity contribution in [3.8, 4) is 27.4 Å². The van der Waals surface area contributed by atoms with Gasteiger partial charge in [-0.2, -0.15) is 0 Å². The first-order valence-corrected chi connectivity index (χ1v) is 21.5. The molecule has 16 heteroatoms. The predicted octanol–water partition coefficient (Wildman–Crippen LogP) is 4.89. The first-order chi connectivity index (χ1) is 29.2. The van der Waals surface area contributed by atoms with Crippen molar-refractivity contribution in [2.45, 2.75) is 78.1 Å². The maximum absolute atomic E-state index is 14.2. The third-order valence-electron chi connectivity index (χ3n) is 11.4. The first kappa shape index (κ1) is 43.0. The molecule has 0 saturated carbocycles. The summed E-state index contributed by atoms with van der Waals surface area (Å²) in [4.78, 5) is 57.3. The number of likely N-dealkylation sites (tertiary alicyclic amines) is 1. The summed E-state index contributed by atoms with van der Waals surface area (Å²) in [7, 11) is 0. The number of aromatic nitrogens is 4. The minimum Gasteiger partial charge on any atom is -0.507 e. The fourth-order valence-electron chi connectivity index (χ4n) is 7.94. The van der Waals surface area contributed by atoms with Crippen molar-refractivity contribution in [1.29, 1.82) is 0 Å². The van der Waals surface area contributed by atoms with E-state index in [2.05, 4.69) is 40.6 Å². The summed E-state index contributed by atoms with van der Waals surface area (Å²) in [6, 6.07) is 18.5. The van der Waals surface area contributed by atoms with E-state index in [1.807, 2.05) is 88.7 Å². The van der Waals surface area contributed by atoms with E-state index in [4.69, 9.17) is 5.73 Å². The number of β-amino-alcohol motifs (C(OH)–C–C–N with tert-alkyl or cyclic N) is 1. The molecule has 7 rings (SSSR count). The highest BCUT2D eigenvalue weighted by atomic mass is 32.1. The lowest BCUT2D eigenvalue weighted by atomic mass is 9.85. The van der Waals surface area contributed by atoms with Crippen LogP contribution in [-0.4, -0.2) is 104 Å². The molecule has 6 N–H and O–H groups in total. The van der Waals surface area contributed by atoms with E-state index in [1.54, 1.807) is 35.7 Å². The number of rotatable bonds is 12. The lowest BCUT2D eigenvalue weighted by Gasteiger charge is -2.37. The smallest absolute Gasteiger partial charge is 0.246 e. The number of nitrogens with zero attached hydrogens (tertiary/aromatic N) is 7. The standard InChI is InChI=1S/C45H54N10O5S/c1-27(30-11-13-31(14-12-30)40-28(2)48-26-61-40)49-43(59)36-23-32(56)25-55(36)44(60)41(45(3,4)5)50-39(58)15-10-29-16-17-47-38(22-29)54-20-18-53(19-21-54)35-24-34(51-52-42(35)46)33-8-6-7-9-37(33)57/h6-9,11-14,16-17,22,24,26-27,32,36,41,56-57H,10,15,18-21,23,25H2,1-5H3,(H2,46,52)(H,49,59)(H,50,58)/t27-,32+,36-,41+/m0/s1. The van der Waals surface area contributed by atoms with Crippen molar-refractivity contribution in [1.82, 2.24) is 35.7 Å². The van der Waals surface area contributed by atoms with Gasteiger partial charge in [0.2, 0.25) is 17.7 Å². The second kappa shape index (κ2) is 18.2. The molecule has 0 bridgehead atoms. The van der Waals surface area contributed by atoms with E-state index >= 15 is 0 Å². The Bertz CT molecular complexity index is 2360. The van der Waals surface area contributed by atoms with E-state index in [9.17, 15) is 24.6 Å². The van der Waals surface area contributed by atoms with Crippen LogP contribution >= 0.6 is 11.3 Å². The Labute approximate surface area is 360 Å². The minimum absolute atomic E-state index is 0.00316. The molecule has 2 fully saturated rings. The number of anilines is 3. The molecule has 5 aromatic rings. The van der Waals surface area contributed by atoms with E-state index < -0.39 is 29.5 Å². The number of thiazole rings is 1. The number of nitrogens with one attached hydrogen (secondary N) is 2. The molecule has 0 radical (unpaired) electrons. The zero-order chi connectivity index (χ0) is 43.4. The zero-order valence-electron chi connectivity index (χ0n) is 35.2. The summed E-state index contributed by atoms with van der Waals surface area (Å²) < 4.78 is 0. The number of aliphatic hydroxyl groups is 1. The van der Waals surface area contributed by atoms with Crippen LogP contribution in [0.2, 0.25) is 0 Å². The van der Waals surface area contributed by atoms with Gasteiger partial charge in [0.1, 0.15) is 23.7 Å². The number of hydrogen-bond acceptors (Lipinski definition) is 13. The van der Waals surface area contributed by atoms with Gasteiger partial charge >= 0.3 is 0 Å². The average Bonchev–Trinajstić information content (AvgIpc) is 3.87. The number of piperazine rings is 1. The van der Waals surface area contributed by atoms with Crippen LogP contribution in [0.15, 0.2) is 78.4 Å². The second-order valence-electron chi connectivity index (χ2n) is 16.9. The zero-order valence-corrected chi connectivity index (χ0v) is 36.0. The summed E-state index contributed by atoms with van der Waals surface area (Å²) in [6.07, 6.45) is 1.54. The number of aliphatic hydroxyl groups excluding tert-OH is 1. The number of hydrogen-bond donors (Lipinski definition) is 5. The number of amides is 3. The van der Waals surface area contributed by atoms with Crippen molar-refractivity contribution in [2.24, 2.45) is 5.41 Å². The van der Waals surface area contributed by atoms with E-state index in [-0.39, 0.29) is 43.0 Å². The number of aryl methyl sites for hydroxylation is 2. The van der Waals surface area contributed by atoms with E-state index in [0.717, 1.165) is 38.8 Å². The van der Waals surface area contributed by atoms with Gasteiger partial charge in [-0.15, -0.1) is 21.5 Å². The van der Waals surface area contributed by atoms with Crippen LogP contribution in [0.25, 0.3) is 21.7 Å². The highest BCUT2D eigenvalue weighted by molar-refractivity contribution is 7.13. The van der Waals surface area contributed by atoms with Crippen LogP contribution in [0.3, 0.4) is 0 Å². The fourth-order valence-corrected chi connectivity index (χ4v) is 8.75. The number of nitrogen functional groups attached to an aromatic ring is 1. The lowest BCUT2D eigenvalue weighted by Crippen LogP contribution is -2.57. The molecule has 2 aromatic carbocycles. The third kappa shape index (κ3) is 9.92. The number of pyridine rings is 1. The number of benzene rings is 2. The number of phenolic OH excluding ortho intramolecular Hbond substituents is 1. The summed E-state index contributed by atoms with van der Waals surface area (Å²) in [5.41, 5.74) is 13.1. The van der Waals surface area contributed by atoms with Gasteiger partial charge in [-0.05, 0) is 72.7 Å². The molecule has 5 heterocycles. The van der Waals surface area contributed by atoms with Crippen LogP contribution in [0.5, 0.6) is 5.75 Å². The highest BCUT2D eigenvalue weighted by Gasteiger charge is 2.44. The molecular formula is C45H54N10O5S. The number of phenols is 1. The van der Waals surface area contributed by atoms with Gasteiger partial charge in [0, 0.05) is 57.3 Å². The Morgan fingerprint density at radius 3 is 2.36 bits per heavy atom. The molecule has 15 nitrogen and oxygen atoms in total. The Kier molecular flexibility index (Phi) is 12.8.